The summed E-state index contributed by atoms with van der Waals surface area (Å²) in [6, 6.07) is 5.39. The number of amides is 1. The van der Waals surface area contributed by atoms with Gasteiger partial charge in [-0.2, -0.15) is 0 Å². The minimum atomic E-state index is -0.623. The lowest BCUT2D eigenvalue weighted by Crippen LogP contribution is -2.33. The van der Waals surface area contributed by atoms with Gasteiger partial charge in [-0.3, -0.25) is 4.79 Å². The zero-order chi connectivity index (χ0) is 13.0. The Bertz CT molecular complexity index is 407. The third-order valence-electron chi connectivity index (χ3n) is 2.42. The second-order valence-electron chi connectivity index (χ2n) is 3.89. The summed E-state index contributed by atoms with van der Waals surface area (Å²) in [7, 11) is 0. The molecule has 0 bridgehead atoms. The molecule has 0 spiro atoms. The SMILES string of the molecule is CCC(Oc1cc(Br)ccc1C(C)N)C(N)=O. The van der Waals surface area contributed by atoms with Gasteiger partial charge in [0.25, 0.3) is 5.91 Å². The lowest BCUT2D eigenvalue weighted by atomic mass is 10.1. The van der Waals surface area contributed by atoms with E-state index in [4.69, 9.17) is 16.2 Å². The van der Waals surface area contributed by atoms with Crippen LogP contribution in [0.1, 0.15) is 31.9 Å². The van der Waals surface area contributed by atoms with Crippen molar-refractivity contribution >= 4 is 21.8 Å². The molecule has 1 aromatic carbocycles. The van der Waals surface area contributed by atoms with Crippen molar-refractivity contribution in [2.24, 2.45) is 11.5 Å². The Morgan fingerprint density at radius 2 is 2.18 bits per heavy atom. The van der Waals surface area contributed by atoms with Crippen LogP contribution < -0.4 is 16.2 Å². The lowest BCUT2D eigenvalue weighted by Gasteiger charge is -2.19. The molecule has 0 radical (unpaired) electrons. The third-order valence-corrected chi connectivity index (χ3v) is 2.92. The second kappa shape index (κ2) is 6.02. The van der Waals surface area contributed by atoms with Crippen LogP contribution in [0.5, 0.6) is 5.75 Å². The van der Waals surface area contributed by atoms with Crippen LogP contribution in [0.3, 0.4) is 0 Å². The summed E-state index contributed by atoms with van der Waals surface area (Å²) in [4.78, 5) is 11.2. The minimum absolute atomic E-state index is 0.163. The van der Waals surface area contributed by atoms with Gasteiger partial charge in [0.15, 0.2) is 6.10 Å². The standard InChI is InChI=1S/C12H17BrN2O2/c1-3-10(12(15)16)17-11-6-8(13)4-5-9(11)7(2)14/h4-7,10H,3,14H2,1-2H3,(H2,15,16). The third kappa shape index (κ3) is 3.71. The predicted molar refractivity (Wildman–Crippen MR) is 70.6 cm³/mol. The van der Waals surface area contributed by atoms with Crippen molar-refractivity contribution in [2.45, 2.75) is 32.4 Å². The number of carbonyl (C=O) groups excluding carboxylic acids is 1. The average Bonchev–Trinajstić information content (AvgIpc) is 2.25. The molecule has 0 saturated carbocycles. The van der Waals surface area contributed by atoms with Crippen LogP contribution in [0.4, 0.5) is 0 Å². The van der Waals surface area contributed by atoms with Gasteiger partial charge in [-0.25, -0.2) is 0 Å². The summed E-state index contributed by atoms with van der Waals surface area (Å²) in [6.07, 6.45) is -0.0953. The van der Waals surface area contributed by atoms with Gasteiger partial charge in [0.05, 0.1) is 0 Å². The molecule has 5 heteroatoms. The first kappa shape index (κ1) is 14.0. The van der Waals surface area contributed by atoms with Crippen LogP contribution in [-0.2, 0) is 4.79 Å². The van der Waals surface area contributed by atoms with Gasteiger partial charge in [0, 0.05) is 16.1 Å². The van der Waals surface area contributed by atoms with Crippen molar-refractivity contribution in [1.29, 1.82) is 0 Å². The number of benzene rings is 1. The molecule has 1 rings (SSSR count). The molecule has 4 N–H and O–H groups in total. The highest BCUT2D eigenvalue weighted by Gasteiger charge is 2.17. The van der Waals surface area contributed by atoms with Crippen molar-refractivity contribution in [2.75, 3.05) is 0 Å². The molecular weight excluding hydrogens is 284 g/mol. The molecule has 0 aromatic heterocycles. The van der Waals surface area contributed by atoms with Gasteiger partial charge in [-0.05, 0) is 25.5 Å². The maximum Gasteiger partial charge on any atom is 0.258 e. The van der Waals surface area contributed by atoms with Gasteiger partial charge in [-0.1, -0.05) is 28.9 Å². The normalized spacial score (nSPS) is 14.1. The van der Waals surface area contributed by atoms with Crippen molar-refractivity contribution < 1.29 is 9.53 Å². The van der Waals surface area contributed by atoms with E-state index in [-0.39, 0.29) is 6.04 Å². The summed E-state index contributed by atoms with van der Waals surface area (Å²) >= 11 is 3.36. The quantitative estimate of drug-likeness (QED) is 0.874. The Hall–Kier alpha value is -1.07. The summed E-state index contributed by atoms with van der Waals surface area (Å²) in [6.45, 7) is 3.71. The van der Waals surface area contributed by atoms with Crippen molar-refractivity contribution in [3.63, 3.8) is 0 Å². The fraction of sp³-hybridized carbons (Fsp3) is 0.417. The number of nitrogens with two attached hydrogens (primary N) is 2. The van der Waals surface area contributed by atoms with Crippen LogP contribution in [0.15, 0.2) is 22.7 Å². The van der Waals surface area contributed by atoms with E-state index in [1.807, 2.05) is 26.0 Å². The molecule has 0 fully saturated rings. The monoisotopic (exact) mass is 300 g/mol. The Balaban J connectivity index is 3.02. The Morgan fingerprint density at radius 3 is 2.65 bits per heavy atom. The molecule has 17 heavy (non-hydrogen) atoms. The van der Waals surface area contributed by atoms with E-state index in [9.17, 15) is 4.79 Å². The Kier molecular flexibility index (Phi) is 4.96. The van der Waals surface area contributed by atoms with E-state index in [2.05, 4.69) is 15.9 Å². The molecule has 94 valence electrons. The van der Waals surface area contributed by atoms with Gasteiger partial charge in [-0.15, -0.1) is 0 Å². The first-order chi connectivity index (χ1) is 7.95. The highest BCUT2D eigenvalue weighted by atomic mass is 79.9. The molecular formula is C12H17BrN2O2. The number of halogens is 1. The van der Waals surface area contributed by atoms with Crippen LogP contribution in [0, 0.1) is 0 Å². The minimum Gasteiger partial charge on any atom is -0.480 e. The molecule has 1 aromatic rings. The predicted octanol–water partition coefficient (Wildman–Crippen LogP) is 2.11. The van der Waals surface area contributed by atoms with Crippen LogP contribution in [-0.4, -0.2) is 12.0 Å². The molecule has 4 nitrogen and oxygen atoms in total. The smallest absolute Gasteiger partial charge is 0.258 e. The molecule has 0 heterocycles. The van der Waals surface area contributed by atoms with E-state index in [0.29, 0.717) is 12.2 Å². The molecule has 2 unspecified atom stereocenters. The summed E-state index contributed by atoms with van der Waals surface area (Å²) in [5, 5.41) is 0. The lowest BCUT2D eigenvalue weighted by molar-refractivity contribution is -0.124. The van der Waals surface area contributed by atoms with Gasteiger partial charge in [0.2, 0.25) is 0 Å². The molecule has 0 aliphatic rings. The van der Waals surface area contributed by atoms with Crippen LogP contribution in [0.25, 0.3) is 0 Å². The maximum absolute atomic E-state index is 11.2. The fourth-order valence-corrected chi connectivity index (χ4v) is 1.82. The summed E-state index contributed by atoms with van der Waals surface area (Å²) in [5.74, 6) is 0.128. The first-order valence-corrected chi connectivity index (χ1v) is 6.26. The van der Waals surface area contributed by atoms with Gasteiger partial charge >= 0.3 is 0 Å². The zero-order valence-electron chi connectivity index (χ0n) is 9.94. The number of primary amides is 1. The molecule has 1 amide bonds. The summed E-state index contributed by atoms with van der Waals surface area (Å²) in [5.41, 5.74) is 12.0. The second-order valence-corrected chi connectivity index (χ2v) is 4.80. The van der Waals surface area contributed by atoms with Crippen LogP contribution >= 0.6 is 15.9 Å². The molecule has 0 saturated heterocycles. The molecule has 0 aliphatic carbocycles. The van der Waals surface area contributed by atoms with Gasteiger partial charge in [0.1, 0.15) is 5.75 Å². The van der Waals surface area contributed by atoms with Crippen LogP contribution in [0.2, 0.25) is 0 Å². The number of rotatable bonds is 5. The number of hydrogen-bond donors (Lipinski definition) is 2. The van der Waals surface area contributed by atoms with E-state index < -0.39 is 12.0 Å². The number of hydrogen-bond acceptors (Lipinski definition) is 3. The largest absolute Gasteiger partial charge is 0.480 e. The average molecular weight is 301 g/mol. The number of carbonyl (C=O) groups is 1. The maximum atomic E-state index is 11.2. The highest BCUT2D eigenvalue weighted by Crippen LogP contribution is 2.28. The molecule has 2 atom stereocenters. The van der Waals surface area contributed by atoms with Crippen molar-refractivity contribution in [3.8, 4) is 5.75 Å². The first-order valence-electron chi connectivity index (χ1n) is 5.46. The topological polar surface area (TPSA) is 78.3 Å². The fourth-order valence-electron chi connectivity index (χ4n) is 1.48. The zero-order valence-corrected chi connectivity index (χ0v) is 11.5. The number of ether oxygens (including phenoxy) is 1. The van der Waals surface area contributed by atoms with E-state index in [1.165, 1.54) is 0 Å². The Morgan fingerprint density at radius 1 is 1.53 bits per heavy atom. The van der Waals surface area contributed by atoms with Crippen molar-refractivity contribution in [3.05, 3.63) is 28.2 Å². The van der Waals surface area contributed by atoms with E-state index in [0.717, 1.165) is 10.0 Å². The summed E-state index contributed by atoms with van der Waals surface area (Å²) < 4.78 is 6.49. The van der Waals surface area contributed by atoms with Gasteiger partial charge < -0.3 is 16.2 Å². The Labute approximate surface area is 109 Å². The van der Waals surface area contributed by atoms with Crippen molar-refractivity contribution in [1.82, 2.24) is 0 Å². The van der Waals surface area contributed by atoms with E-state index in [1.54, 1.807) is 6.07 Å². The molecule has 0 aliphatic heterocycles. The highest BCUT2D eigenvalue weighted by molar-refractivity contribution is 9.10. The van der Waals surface area contributed by atoms with E-state index >= 15 is 0 Å².